The lowest BCUT2D eigenvalue weighted by Gasteiger charge is -2.16. The van der Waals surface area contributed by atoms with E-state index in [1.165, 1.54) is 4.90 Å². The monoisotopic (exact) mass is 198 g/mol. The van der Waals surface area contributed by atoms with Crippen LogP contribution in [0.4, 0.5) is 10.6 Å². The largest absolute Gasteiger partial charge is 0.395 e. The molecule has 0 saturated carbocycles. The van der Waals surface area contributed by atoms with Gasteiger partial charge in [0.15, 0.2) is 0 Å². The predicted octanol–water partition coefficient (Wildman–Crippen LogP) is -0.124. The number of rotatable bonds is 3. The number of hydrogen-bond donors (Lipinski definition) is 2. The zero-order valence-electron chi connectivity index (χ0n) is 8.27. The summed E-state index contributed by atoms with van der Waals surface area (Å²) in [7, 11) is 3.35. The predicted molar refractivity (Wildman–Crippen MR) is 51.9 cm³/mol. The molecule has 0 unspecified atom stereocenters. The normalized spacial score (nSPS) is 9.93. The van der Waals surface area contributed by atoms with Crippen LogP contribution in [0.2, 0.25) is 0 Å². The number of nitrogens with zero attached hydrogens (tertiary/aromatic N) is 3. The fourth-order valence-corrected chi connectivity index (χ4v) is 0.953. The van der Waals surface area contributed by atoms with Crippen molar-refractivity contribution < 1.29 is 9.90 Å². The SMILES string of the molecule is CN(CCO)C(=O)Nc1ccnn1C. The van der Waals surface area contributed by atoms with Crippen LogP contribution in [-0.4, -0.2) is 46.0 Å². The van der Waals surface area contributed by atoms with Gasteiger partial charge in [0.2, 0.25) is 0 Å². The van der Waals surface area contributed by atoms with E-state index in [0.29, 0.717) is 12.4 Å². The summed E-state index contributed by atoms with van der Waals surface area (Å²) in [6.07, 6.45) is 1.60. The van der Waals surface area contributed by atoms with E-state index < -0.39 is 0 Å². The third-order valence-electron chi connectivity index (χ3n) is 1.84. The lowest BCUT2D eigenvalue weighted by Crippen LogP contribution is -2.34. The highest BCUT2D eigenvalue weighted by Gasteiger charge is 2.09. The van der Waals surface area contributed by atoms with Crippen molar-refractivity contribution in [2.24, 2.45) is 7.05 Å². The Morgan fingerprint density at radius 3 is 3.00 bits per heavy atom. The molecule has 1 aromatic rings. The lowest BCUT2D eigenvalue weighted by atomic mass is 10.5. The number of anilines is 1. The van der Waals surface area contributed by atoms with Crippen LogP contribution < -0.4 is 5.32 Å². The van der Waals surface area contributed by atoms with E-state index in [-0.39, 0.29) is 12.6 Å². The maximum Gasteiger partial charge on any atom is 0.322 e. The molecule has 0 spiro atoms. The molecule has 14 heavy (non-hydrogen) atoms. The van der Waals surface area contributed by atoms with E-state index in [0.717, 1.165) is 0 Å². The minimum atomic E-state index is -0.261. The molecule has 0 saturated heterocycles. The first-order chi connectivity index (χ1) is 6.65. The molecule has 1 aromatic heterocycles. The molecule has 0 aliphatic rings. The zero-order chi connectivity index (χ0) is 10.6. The molecule has 0 atom stereocenters. The summed E-state index contributed by atoms with van der Waals surface area (Å²) < 4.78 is 1.56. The fourth-order valence-electron chi connectivity index (χ4n) is 0.953. The Morgan fingerprint density at radius 2 is 2.50 bits per heavy atom. The Bertz CT molecular complexity index is 310. The van der Waals surface area contributed by atoms with Gasteiger partial charge in [-0.3, -0.25) is 10.00 Å². The Morgan fingerprint density at radius 1 is 1.79 bits per heavy atom. The number of carbonyl (C=O) groups is 1. The smallest absolute Gasteiger partial charge is 0.322 e. The summed E-state index contributed by atoms with van der Waals surface area (Å²) in [5, 5.41) is 15.2. The van der Waals surface area contributed by atoms with Gasteiger partial charge in [0.05, 0.1) is 12.8 Å². The minimum Gasteiger partial charge on any atom is -0.395 e. The Kier molecular flexibility index (Phi) is 3.47. The number of amides is 2. The molecule has 1 heterocycles. The van der Waals surface area contributed by atoms with E-state index in [2.05, 4.69) is 10.4 Å². The van der Waals surface area contributed by atoms with Crippen molar-refractivity contribution in [3.05, 3.63) is 12.3 Å². The van der Waals surface area contributed by atoms with Crippen LogP contribution >= 0.6 is 0 Å². The average molecular weight is 198 g/mol. The molecule has 1 rings (SSSR count). The van der Waals surface area contributed by atoms with Gasteiger partial charge in [-0.2, -0.15) is 5.10 Å². The summed E-state index contributed by atoms with van der Waals surface area (Å²) in [5.74, 6) is 0.625. The molecule has 2 N–H and O–H groups in total. The summed E-state index contributed by atoms with van der Waals surface area (Å²) in [5.41, 5.74) is 0. The molecular formula is C8H14N4O2. The third-order valence-corrected chi connectivity index (χ3v) is 1.84. The molecule has 0 aliphatic heterocycles. The van der Waals surface area contributed by atoms with Crippen molar-refractivity contribution in [1.82, 2.24) is 14.7 Å². The summed E-state index contributed by atoms with van der Waals surface area (Å²) in [4.78, 5) is 12.8. The standard InChI is InChI=1S/C8H14N4O2/c1-11(5-6-13)8(14)10-7-3-4-9-12(7)2/h3-4,13H,5-6H2,1-2H3,(H,10,14). The highest BCUT2D eigenvalue weighted by Crippen LogP contribution is 2.03. The van der Waals surface area contributed by atoms with Crippen molar-refractivity contribution in [1.29, 1.82) is 0 Å². The molecule has 0 radical (unpaired) electrons. The summed E-state index contributed by atoms with van der Waals surface area (Å²) >= 11 is 0. The van der Waals surface area contributed by atoms with E-state index >= 15 is 0 Å². The first kappa shape index (κ1) is 10.5. The second-order valence-corrected chi connectivity index (χ2v) is 2.92. The van der Waals surface area contributed by atoms with Crippen LogP contribution in [0.25, 0.3) is 0 Å². The highest BCUT2D eigenvalue weighted by molar-refractivity contribution is 5.88. The molecule has 6 nitrogen and oxygen atoms in total. The van der Waals surface area contributed by atoms with Crippen LogP contribution in [0.15, 0.2) is 12.3 Å². The van der Waals surface area contributed by atoms with Crippen LogP contribution in [0.3, 0.4) is 0 Å². The molecule has 0 fully saturated rings. The Balaban J connectivity index is 2.53. The first-order valence-electron chi connectivity index (χ1n) is 4.26. The number of likely N-dealkylation sites (N-methyl/N-ethyl adjacent to an activating group) is 1. The van der Waals surface area contributed by atoms with Gasteiger partial charge in [-0.05, 0) is 0 Å². The zero-order valence-corrected chi connectivity index (χ0v) is 8.27. The van der Waals surface area contributed by atoms with Crippen LogP contribution in [0, 0.1) is 0 Å². The van der Waals surface area contributed by atoms with Crippen molar-refractivity contribution in [2.75, 3.05) is 25.5 Å². The van der Waals surface area contributed by atoms with E-state index in [1.54, 1.807) is 31.0 Å². The van der Waals surface area contributed by atoms with E-state index in [9.17, 15) is 4.79 Å². The van der Waals surface area contributed by atoms with Gasteiger partial charge in [-0.15, -0.1) is 0 Å². The number of aromatic nitrogens is 2. The second-order valence-electron chi connectivity index (χ2n) is 2.92. The Labute approximate surface area is 82.1 Å². The number of aliphatic hydroxyl groups is 1. The minimum absolute atomic E-state index is 0.0463. The van der Waals surface area contributed by atoms with Gasteiger partial charge in [-0.25, -0.2) is 4.79 Å². The number of aliphatic hydroxyl groups excluding tert-OH is 1. The van der Waals surface area contributed by atoms with Crippen LogP contribution in [0.1, 0.15) is 0 Å². The number of urea groups is 1. The Hall–Kier alpha value is -1.56. The topological polar surface area (TPSA) is 70.4 Å². The molecular weight excluding hydrogens is 184 g/mol. The second kappa shape index (κ2) is 4.61. The van der Waals surface area contributed by atoms with Crippen LogP contribution in [0.5, 0.6) is 0 Å². The maximum atomic E-state index is 11.4. The molecule has 78 valence electrons. The number of nitrogens with one attached hydrogen (secondary N) is 1. The summed E-state index contributed by atoms with van der Waals surface area (Å²) in [6, 6.07) is 1.44. The number of carbonyl (C=O) groups excluding carboxylic acids is 1. The van der Waals surface area contributed by atoms with Crippen LogP contribution in [-0.2, 0) is 7.05 Å². The third kappa shape index (κ3) is 2.46. The highest BCUT2D eigenvalue weighted by atomic mass is 16.3. The quantitative estimate of drug-likeness (QED) is 0.711. The van der Waals surface area contributed by atoms with Crippen molar-refractivity contribution in [2.45, 2.75) is 0 Å². The molecule has 0 bridgehead atoms. The van der Waals surface area contributed by atoms with Gasteiger partial charge in [0, 0.05) is 26.7 Å². The lowest BCUT2D eigenvalue weighted by molar-refractivity contribution is 0.202. The molecule has 0 aromatic carbocycles. The van der Waals surface area contributed by atoms with E-state index in [1.807, 2.05) is 0 Å². The van der Waals surface area contributed by atoms with Gasteiger partial charge < -0.3 is 10.0 Å². The van der Waals surface area contributed by atoms with Gasteiger partial charge >= 0.3 is 6.03 Å². The average Bonchev–Trinajstić information content (AvgIpc) is 2.52. The number of aryl methyl sites for hydroxylation is 1. The van der Waals surface area contributed by atoms with Gasteiger partial charge in [0.25, 0.3) is 0 Å². The van der Waals surface area contributed by atoms with E-state index in [4.69, 9.17) is 5.11 Å². The van der Waals surface area contributed by atoms with Crippen molar-refractivity contribution in [3.8, 4) is 0 Å². The van der Waals surface area contributed by atoms with Gasteiger partial charge in [0.1, 0.15) is 5.82 Å². The van der Waals surface area contributed by atoms with Crippen molar-refractivity contribution >= 4 is 11.8 Å². The molecule has 6 heteroatoms. The summed E-state index contributed by atoms with van der Waals surface area (Å²) in [6.45, 7) is 0.263. The van der Waals surface area contributed by atoms with Crippen molar-refractivity contribution in [3.63, 3.8) is 0 Å². The molecule has 0 aliphatic carbocycles. The fraction of sp³-hybridized carbons (Fsp3) is 0.500. The maximum absolute atomic E-state index is 11.4. The first-order valence-corrected chi connectivity index (χ1v) is 4.26. The number of hydrogen-bond acceptors (Lipinski definition) is 3. The van der Waals surface area contributed by atoms with Gasteiger partial charge in [-0.1, -0.05) is 0 Å². The molecule has 2 amide bonds.